The van der Waals surface area contributed by atoms with E-state index in [0.29, 0.717) is 13.2 Å². The monoisotopic (exact) mass is 285 g/mol. The Morgan fingerprint density at radius 2 is 2.24 bits per heavy atom. The van der Waals surface area contributed by atoms with E-state index in [1.807, 2.05) is 36.5 Å². The van der Waals surface area contributed by atoms with Crippen LogP contribution in [0.3, 0.4) is 0 Å². The molecular formula is C16H19N3O2. The van der Waals surface area contributed by atoms with Gasteiger partial charge in [0.05, 0.1) is 18.5 Å². The van der Waals surface area contributed by atoms with Crippen molar-refractivity contribution in [1.29, 1.82) is 0 Å². The van der Waals surface area contributed by atoms with E-state index < -0.39 is 6.04 Å². The van der Waals surface area contributed by atoms with E-state index in [1.165, 1.54) is 0 Å². The lowest BCUT2D eigenvalue weighted by molar-refractivity contribution is -0.145. The standard InChI is InChI=1S/C16H19N3O2/c1-3-10-17-15(16(20)21-4-2)13-11-18-19(12-13)14-8-6-5-7-9-14/h3,5-9,11-12,15,17H,1,4,10H2,2H3. The predicted octanol–water partition coefficient (Wildman–Crippen LogP) is 2.25. The van der Waals surface area contributed by atoms with Gasteiger partial charge >= 0.3 is 5.97 Å². The van der Waals surface area contributed by atoms with Crippen molar-refractivity contribution in [3.05, 3.63) is 60.9 Å². The van der Waals surface area contributed by atoms with Crippen molar-refractivity contribution in [1.82, 2.24) is 15.1 Å². The molecule has 110 valence electrons. The summed E-state index contributed by atoms with van der Waals surface area (Å²) < 4.78 is 6.83. The first-order valence-electron chi connectivity index (χ1n) is 6.87. The topological polar surface area (TPSA) is 56.1 Å². The lowest BCUT2D eigenvalue weighted by atomic mass is 10.1. The van der Waals surface area contributed by atoms with E-state index in [4.69, 9.17) is 4.74 Å². The Labute approximate surface area is 124 Å². The second-order valence-electron chi connectivity index (χ2n) is 4.44. The molecule has 2 rings (SSSR count). The molecule has 1 unspecified atom stereocenters. The zero-order valence-corrected chi connectivity index (χ0v) is 12.0. The third kappa shape index (κ3) is 3.79. The van der Waals surface area contributed by atoms with Crippen molar-refractivity contribution in [2.24, 2.45) is 0 Å². The molecule has 21 heavy (non-hydrogen) atoms. The Morgan fingerprint density at radius 3 is 2.90 bits per heavy atom. The number of carbonyl (C=O) groups excluding carboxylic acids is 1. The maximum atomic E-state index is 12.0. The fourth-order valence-electron chi connectivity index (χ4n) is 1.97. The van der Waals surface area contributed by atoms with Gasteiger partial charge in [0, 0.05) is 18.3 Å². The number of benzene rings is 1. The maximum absolute atomic E-state index is 12.0. The number of aromatic nitrogens is 2. The minimum atomic E-state index is -0.541. The Balaban J connectivity index is 2.22. The molecule has 1 aromatic heterocycles. The van der Waals surface area contributed by atoms with Gasteiger partial charge < -0.3 is 4.74 Å². The first-order chi connectivity index (χ1) is 10.3. The van der Waals surface area contributed by atoms with Gasteiger partial charge in [0.15, 0.2) is 0 Å². The molecule has 1 heterocycles. The summed E-state index contributed by atoms with van der Waals surface area (Å²) in [6.45, 7) is 6.30. The number of para-hydroxylation sites is 1. The van der Waals surface area contributed by atoms with Crippen molar-refractivity contribution in [3.8, 4) is 5.69 Å². The van der Waals surface area contributed by atoms with Gasteiger partial charge in [-0.3, -0.25) is 5.32 Å². The molecule has 1 N–H and O–H groups in total. The number of rotatable bonds is 7. The number of ether oxygens (including phenoxy) is 1. The summed E-state index contributed by atoms with van der Waals surface area (Å²) in [5, 5.41) is 7.39. The summed E-state index contributed by atoms with van der Waals surface area (Å²) in [6.07, 6.45) is 5.20. The minimum Gasteiger partial charge on any atom is -0.465 e. The van der Waals surface area contributed by atoms with Crippen LogP contribution in [0.15, 0.2) is 55.4 Å². The summed E-state index contributed by atoms with van der Waals surface area (Å²) in [4.78, 5) is 12.0. The van der Waals surface area contributed by atoms with Crippen molar-refractivity contribution < 1.29 is 9.53 Å². The summed E-state index contributed by atoms with van der Waals surface area (Å²) in [6, 6.07) is 9.19. The van der Waals surface area contributed by atoms with Crippen LogP contribution in [0.4, 0.5) is 0 Å². The number of carbonyl (C=O) groups is 1. The van der Waals surface area contributed by atoms with Crippen LogP contribution in [0.25, 0.3) is 5.69 Å². The molecule has 0 aliphatic heterocycles. The number of nitrogens with one attached hydrogen (secondary N) is 1. The van der Waals surface area contributed by atoms with E-state index in [9.17, 15) is 4.79 Å². The summed E-state index contributed by atoms with van der Waals surface area (Å²) in [5.74, 6) is -0.313. The molecule has 0 saturated heterocycles. The van der Waals surface area contributed by atoms with Gasteiger partial charge in [-0.1, -0.05) is 24.3 Å². The molecule has 5 nitrogen and oxygen atoms in total. The fourth-order valence-corrected chi connectivity index (χ4v) is 1.97. The Kier molecular flexibility index (Phi) is 5.29. The molecule has 0 amide bonds. The minimum absolute atomic E-state index is 0.313. The Morgan fingerprint density at radius 1 is 1.48 bits per heavy atom. The molecule has 0 fully saturated rings. The van der Waals surface area contributed by atoms with Crippen LogP contribution < -0.4 is 5.32 Å². The van der Waals surface area contributed by atoms with E-state index in [1.54, 1.807) is 23.9 Å². The molecule has 0 bridgehead atoms. The van der Waals surface area contributed by atoms with Crippen LogP contribution >= 0.6 is 0 Å². The van der Waals surface area contributed by atoms with E-state index in [2.05, 4.69) is 17.0 Å². The molecule has 2 aromatic rings. The SMILES string of the molecule is C=CCNC(C(=O)OCC)c1cnn(-c2ccccc2)c1. The molecule has 0 radical (unpaired) electrons. The molecule has 1 aromatic carbocycles. The molecule has 0 aliphatic carbocycles. The van der Waals surface area contributed by atoms with Crippen LogP contribution in [-0.2, 0) is 9.53 Å². The summed E-state index contributed by atoms with van der Waals surface area (Å²) in [7, 11) is 0. The fraction of sp³-hybridized carbons (Fsp3) is 0.250. The number of esters is 1. The highest BCUT2D eigenvalue weighted by atomic mass is 16.5. The van der Waals surface area contributed by atoms with Crippen molar-refractivity contribution in [3.63, 3.8) is 0 Å². The van der Waals surface area contributed by atoms with Gasteiger partial charge in [0.1, 0.15) is 6.04 Å². The van der Waals surface area contributed by atoms with Crippen LogP contribution in [0.2, 0.25) is 0 Å². The highest BCUT2D eigenvalue weighted by Crippen LogP contribution is 2.16. The maximum Gasteiger partial charge on any atom is 0.327 e. The first-order valence-corrected chi connectivity index (χ1v) is 6.87. The third-order valence-corrected chi connectivity index (χ3v) is 2.95. The van der Waals surface area contributed by atoms with Crippen LogP contribution in [-0.4, -0.2) is 28.9 Å². The van der Waals surface area contributed by atoms with Gasteiger partial charge in [-0.05, 0) is 19.1 Å². The van der Waals surface area contributed by atoms with Crippen molar-refractivity contribution in [2.75, 3.05) is 13.2 Å². The smallest absolute Gasteiger partial charge is 0.327 e. The van der Waals surface area contributed by atoms with Crippen molar-refractivity contribution >= 4 is 5.97 Å². The van der Waals surface area contributed by atoms with Crippen molar-refractivity contribution in [2.45, 2.75) is 13.0 Å². The predicted molar refractivity (Wildman–Crippen MR) is 81.1 cm³/mol. The van der Waals surface area contributed by atoms with E-state index in [-0.39, 0.29) is 5.97 Å². The second-order valence-corrected chi connectivity index (χ2v) is 4.44. The highest BCUT2D eigenvalue weighted by Gasteiger charge is 2.22. The van der Waals surface area contributed by atoms with E-state index >= 15 is 0 Å². The van der Waals surface area contributed by atoms with Crippen LogP contribution in [0.5, 0.6) is 0 Å². The number of hydrogen-bond acceptors (Lipinski definition) is 4. The zero-order valence-electron chi connectivity index (χ0n) is 12.0. The number of hydrogen-bond donors (Lipinski definition) is 1. The number of nitrogens with zero attached hydrogens (tertiary/aromatic N) is 2. The molecule has 1 atom stereocenters. The van der Waals surface area contributed by atoms with E-state index in [0.717, 1.165) is 11.3 Å². The molecule has 0 spiro atoms. The quantitative estimate of drug-likeness (QED) is 0.626. The second kappa shape index (κ2) is 7.40. The first kappa shape index (κ1) is 15.0. The molecule has 5 heteroatoms. The highest BCUT2D eigenvalue weighted by molar-refractivity contribution is 5.77. The van der Waals surface area contributed by atoms with Gasteiger partial charge in [0.25, 0.3) is 0 Å². The molecule has 0 saturated carbocycles. The summed E-state index contributed by atoms with van der Waals surface area (Å²) in [5.41, 5.74) is 1.70. The van der Waals surface area contributed by atoms with Crippen LogP contribution in [0, 0.1) is 0 Å². The zero-order chi connectivity index (χ0) is 15.1. The average molecular weight is 285 g/mol. The van der Waals surface area contributed by atoms with Gasteiger partial charge in [0.2, 0.25) is 0 Å². The lowest BCUT2D eigenvalue weighted by Gasteiger charge is -2.14. The van der Waals surface area contributed by atoms with Crippen LogP contribution in [0.1, 0.15) is 18.5 Å². The Hall–Kier alpha value is -2.40. The lowest BCUT2D eigenvalue weighted by Crippen LogP contribution is -2.30. The Bertz CT molecular complexity index is 593. The van der Waals surface area contributed by atoms with Gasteiger partial charge in [-0.25, -0.2) is 9.48 Å². The van der Waals surface area contributed by atoms with Gasteiger partial charge in [-0.2, -0.15) is 5.10 Å². The average Bonchev–Trinajstić information content (AvgIpc) is 2.98. The largest absolute Gasteiger partial charge is 0.465 e. The third-order valence-electron chi connectivity index (χ3n) is 2.95. The molecular weight excluding hydrogens is 266 g/mol. The summed E-state index contributed by atoms with van der Waals surface area (Å²) >= 11 is 0. The molecule has 0 aliphatic rings. The van der Waals surface area contributed by atoms with Gasteiger partial charge in [-0.15, -0.1) is 6.58 Å². The normalized spacial score (nSPS) is 11.9.